The summed E-state index contributed by atoms with van der Waals surface area (Å²) in [6.45, 7) is 2.00. The summed E-state index contributed by atoms with van der Waals surface area (Å²) in [5.41, 5.74) is 1.96. The van der Waals surface area contributed by atoms with Crippen LogP contribution in [0.4, 0.5) is 0 Å². The Morgan fingerprint density at radius 2 is 2.29 bits per heavy atom. The number of carbonyl (C=O) groups excluding carboxylic acids is 1. The molecule has 70 valence electrons. The summed E-state index contributed by atoms with van der Waals surface area (Å²) < 4.78 is 0. The molecule has 2 heterocycles. The van der Waals surface area contributed by atoms with Crippen molar-refractivity contribution in [1.82, 2.24) is 9.97 Å². The van der Waals surface area contributed by atoms with Crippen LogP contribution in [0, 0.1) is 6.92 Å². The van der Waals surface area contributed by atoms with E-state index in [0.29, 0.717) is 4.88 Å². The highest BCUT2D eigenvalue weighted by atomic mass is 32.1. The summed E-state index contributed by atoms with van der Waals surface area (Å²) >= 11 is 1.35. The lowest BCUT2D eigenvalue weighted by atomic mass is 10.2. The predicted octanol–water partition coefficient (Wildman–Crippen LogP) is 2.33. The molecule has 0 spiro atoms. The first kappa shape index (κ1) is 9.02. The standard InChI is InChI=1S/C10H8N2OS/c1-7-2-3-11-9(4-7)10-12-5-8(6-13)14-10/h2-6H,1H3. The Balaban J connectivity index is 2.43. The molecule has 2 rings (SSSR count). The highest BCUT2D eigenvalue weighted by molar-refractivity contribution is 7.16. The highest BCUT2D eigenvalue weighted by Gasteiger charge is 2.04. The van der Waals surface area contributed by atoms with Gasteiger partial charge in [-0.25, -0.2) is 4.98 Å². The zero-order valence-corrected chi connectivity index (χ0v) is 8.41. The number of aldehydes is 1. The first-order valence-corrected chi connectivity index (χ1v) is 4.95. The molecule has 0 fully saturated rings. The summed E-state index contributed by atoms with van der Waals surface area (Å²) in [4.78, 5) is 19.4. The van der Waals surface area contributed by atoms with Crippen molar-refractivity contribution >= 4 is 17.6 Å². The fraction of sp³-hybridized carbons (Fsp3) is 0.100. The van der Waals surface area contributed by atoms with E-state index in [1.165, 1.54) is 11.3 Å². The van der Waals surface area contributed by atoms with Gasteiger partial charge in [0.25, 0.3) is 0 Å². The number of thiazole rings is 1. The Morgan fingerprint density at radius 1 is 1.43 bits per heavy atom. The number of aryl methyl sites for hydroxylation is 1. The van der Waals surface area contributed by atoms with E-state index in [0.717, 1.165) is 22.6 Å². The molecule has 3 nitrogen and oxygen atoms in total. The molecule has 2 aromatic heterocycles. The minimum absolute atomic E-state index is 0.628. The number of aromatic nitrogens is 2. The molecular weight excluding hydrogens is 196 g/mol. The van der Waals surface area contributed by atoms with Gasteiger partial charge in [0.15, 0.2) is 6.29 Å². The number of rotatable bonds is 2. The van der Waals surface area contributed by atoms with E-state index in [1.54, 1.807) is 12.4 Å². The maximum atomic E-state index is 10.5. The molecule has 2 aromatic rings. The van der Waals surface area contributed by atoms with Crippen molar-refractivity contribution in [3.63, 3.8) is 0 Å². The predicted molar refractivity (Wildman–Crippen MR) is 55.5 cm³/mol. The van der Waals surface area contributed by atoms with Crippen LogP contribution in [0.1, 0.15) is 15.2 Å². The molecule has 0 amide bonds. The van der Waals surface area contributed by atoms with Gasteiger partial charge in [0.05, 0.1) is 10.6 Å². The van der Waals surface area contributed by atoms with E-state index < -0.39 is 0 Å². The molecule has 0 saturated carbocycles. The molecule has 0 N–H and O–H groups in total. The Labute approximate surface area is 85.5 Å². The van der Waals surface area contributed by atoms with Crippen LogP contribution in [0.25, 0.3) is 10.7 Å². The highest BCUT2D eigenvalue weighted by Crippen LogP contribution is 2.22. The summed E-state index contributed by atoms with van der Waals surface area (Å²) in [7, 11) is 0. The summed E-state index contributed by atoms with van der Waals surface area (Å²) in [5, 5.41) is 0.788. The van der Waals surface area contributed by atoms with Gasteiger partial charge in [-0.05, 0) is 24.6 Å². The van der Waals surface area contributed by atoms with Crippen LogP contribution in [-0.4, -0.2) is 16.3 Å². The lowest BCUT2D eigenvalue weighted by Crippen LogP contribution is -1.82. The van der Waals surface area contributed by atoms with Gasteiger partial charge in [-0.1, -0.05) is 0 Å². The van der Waals surface area contributed by atoms with Crippen LogP contribution in [0.15, 0.2) is 24.5 Å². The van der Waals surface area contributed by atoms with Crippen LogP contribution in [0.3, 0.4) is 0 Å². The fourth-order valence-corrected chi connectivity index (χ4v) is 1.81. The van der Waals surface area contributed by atoms with Gasteiger partial charge < -0.3 is 0 Å². The molecule has 4 heteroatoms. The zero-order valence-electron chi connectivity index (χ0n) is 7.60. The average Bonchev–Trinajstić information content (AvgIpc) is 2.66. The van der Waals surface area contributed by atoms with Gasteiger partial charge in [-0.2, -0.15) is 0 Å². The first-order valence-electron chi connectivity index (χ1n) is 4.13. The number of carbonyl (C=O) groups is 1. The number of pyridine rings is 1. The smallest absolute Gasteiger partial charge is 0.161 e. The van der Waals surface area contributed by atoms with Crippen molar-refractivity contribution in [2.75, 3.05) is 0 Å². The number of nitrogens with zero attached hydrogens (tertiary/aromatic N) is 2. The third kappa shape index (κ3) is 1.70. The molecule has 0 radical (unpaired) electrons. The molecule has 0 aromatic carbocycles. The first-order chi connectivity index (χ1) is 6.79. The minimum atomic E-state index is 0.628. The van der Waals surface area contributed by atoms with Gasteiger partial charge in [-0.3, -0.25) is 9.78 Å². The third-order valence-electron chi connectivity index (χ3n) is 1.77. The number of hydrogen-bond donors (Lipinski definition) is 0. The second kappa shape index (κ2) is 3.67. The molecular formula is C10H8N2OS. The SMILES string of the molecule is Cc1ccnc(-c2ncc(C=O)s2)c1. The molecule has 14 heavy (non-hydrogen) atoms. The second-order valence-electron chi connectivity index (χ2n) is 2.90. The van der Waals surface area contributed by atoms with Crippen LogP contribution in [0.5, 0.6) is 0 Å². The quantitative estimate of drug-likeness (QED) is 0.705. The van der Waals surface area contributed by atoms with Crippen LogP contribution < -0.4 is 0 Å². The van der Waals surface area contributed by atoms with Gasteiger partial charge in [-0.15, -0.1) is 11.3 Å². The van der Waals surface area contributed by atoms with E-state index in [-0.39, 0.29) is 0 Å². The van der Waals surface area contributed by atoms with Crippen LogP contribution in [-0.2, 0) is 0 Å². The summed E-state index contributed by atoms with van der Waals surface area (Å²) in [6, 6.07) is 3.88. The van der Waals surface area contributed by atoms with Crippen LogP contribution >= 0.6 is 11.3 Å². The lowest BCUT2D eigenvalue weighted by Gasteiger charge is -1.95. The van der Waals surface area contributed by atoms with E-state index in [4.69, 9.17) is 0 Å². The van der Waals surface area contributed by atoms with E-state index in [1.807, 2.05) is 19.1 Å². The largest absolute Gasteiger partial charge is 0.297 e. The number of hydrogen-bond acceptors (Lipinski definition) is 4. The Hall–Kier alpha value is -1.55. The fourth-order valence-electron chi connectivity index (χ4n) is 1.11. The van der Waals surface area contributed by atoms with Crippen molar-refractivity contribution in [2.45, 2.75) is 6.92 Å². The van der Waals surface area contributed by atoms with E-state index in [9.17, 15) is 4.79 Å². The molecule has 0 bridgehead atoms. The normalized spacial score (nSPS) is 10.1. The monoisotopic (exact) mass is 204 g/mol. The lowest BCUT2D eigenvalue weighted by molar-refractivity contribution is 0.112. The zero-order chi connectivity index (χ0) is 9.97. The molecule has 0 atom stereocenters. The van der Waals surface area contributed by atoms with Crippen molar-refractivity contribution in [1.29, 1.82) is 0 Å². The van der Waals surface area contributed by atoms with Crippen LogP contribution in [0.2, 0.25) is 0 Å². The third-order valence-corrected chi connectivity index (χ3v) is 2.72. The van der Waals surface area contributed by atoms with E-state index >= 15 is 0 Å². The Bertz CT molecular complexity index is 465. The van der Waals surface area contributed by atoms with Gasteiger partial charge >= 0.3 is 0 Å². The molecule has 0 unspecified atom stereocenters. The molecule has 0 aliphatic rings. The summed E-state index contributed by atoms with van der Waals surface area (Å²) in [6.07, 6.45) is 4.11. The van der Waals surface area contributed by atoms with Crippen molar-refractivity contribution in [3.8, 4) is 10.7 Å². The van der Waals surface area contributed by atoms with Crippen molar-refractivity contribution in [3.05, 3.63) is 35.0 Å². The molecule has 0 aliphatic heterocycles. The van der Waals surface area contributed by atoms with Crippen molar-refractivity contribution < 1.29 is 4.79 Å². The van der Waals surface area contributed by atoms with Gasteiger partial charge in [0, 0.05) is 12.4 Å². The van der Waals surface area contributed by atoms with Gasteiger partial charge in [0.2, 0.25) is 0 Å². The second-order valence-corrected chi connectivity index (χ2v) is 3.97. The van der Waals surface area contributed by atoms with Crippen molar-refractivity contribution in [2.24, 2.45) is 0 Å². The Kier molecular flexibility index (Phi) is 2.37. The topological polar surface area (TPSA) is 42.9 Å². The summed E-state index contributed by atoms with van der Waals surface area (Å²) in [5.74, 6) is 0. The van der Waals surface area contributed by atoms with Gasteiger partial charge in [0.1, 0.15) is 5.01 Å². The maximum absolute atomic E-state index is 10.5. The minimum Gasteiger partial charge on any atom is -0.297 e. The average molecular weight is 204 g/mol. The van der Waals surface area contributed by atoms with E-state index in [2.05, 4.69) is 9.97 Å². The molecule has 0 saturated heterocycles. The Morgan fingerprint density at radius 3 is 2.93 bits per heavy atom. The molecule has 0 aliphatic carbocycles. The maximum Gasteiger partial charge on any atom is 0.161 e.